The van der Waals surface area contributed by atoms with E-state index in [9.17, 15) is 14.4 Å². The highest BCUT2D eigenvalue weighted by atomic mass is 35.5. The summed E-state index contributed by atoms with van der Waals surface area (Å²) in [4.78, 5) is 33.8. The molecule has 0 spiro atoms. The average molecular weight is 303 g/mol. The van der Waals surface area contributed by atoms with E-state index in [0.29, 0.717) is 11.3 Å². The second kappa shape index (κ2) is 7.54. The maximum Gasteiger partial charge on any atom is 0.325 e. The van der Waals surface area contributed by atoms with Crippen LogP contribution in [0.5, 0.6) is 0 Å². The fourth-order valence-electron chi connectivity index (χ4n) is 1.32. The van der Waals surface area contributed by atoms with Gasteiger partial charge in [0.15, 0.2) is 5.76 Å². The van der Waals surface area contributed by atoms with Crippen molar-refractivity contribution in [1.82, 2.24) is 10.6 Å². The van der Waals surface area contributed by atoms with E-state index in [1.807, 2.05) is 0 Å². The molecule has 0 aromatic carbocycles. The Morgan fingerprint density at radius 3 is 2.55 bits per heavy atom. The van der Waals surface area contributed by atoms with Gasteiger partial charge in [-0.3, -0.25) is 14.4 Å². The molecule has 8 heteroatoms. The Balaban J connectivity index is 2.42. The lowest BCUT2D eigenvalue weighted by Gasteiger charge is -2.04. The number of hydrogen-bond donors (Lipinski definition) is 2. The Bertz CT molecular complexity index is 512. The van der Waals surface area contributed by atoms with E-state index in [2.05, 4.69) is 15.4 Å². The summed E-state index contributed by atoms with van der Waals surface area (Å²) in [5.74, 6) is -0.734. The van der Waals surface area contributed by atoms with Crippen molar-refractivity contribution in [2.24, 2.45) is 0 Å². The summed E-state index contributed by atoms with van der Waals surface area (Å²) in [6.45, 7) is 1.17. The van der Waals surface area contributed by atoms with Crippen molar-refractivity contribution < 1.29 is 23.5 Å². The summed E-state index contributed by atoms with van der Waals surface area (Å²) >= 11 is 5.66. The number of ether oxygens (including phenoxy) is 1. The van der Waals surface area contributed by atoms with Crippen LogP contribution in [0, 0.1) is 6.92 Å². The summed E-state index contributed by atoms with van der Waals surface area (Å²) in [7, 11) is 1.21. The van der Waals surface area contributed by atoms with Crippen LogP contribution < -0.4 is 10.6 Å². The molecular formula is C12H15ClN2O5. The minimum Gasteiger partial charge on any atom is -0.468 e. The maximum absolute atomic E-state index is 11.7. The number of halogens is 1. The molecule has 0 bridgehead atoms. The molecule has 0 unspecified atom stereocenters. The number of aryl methyl sites for hydroxylation is 1. The van der Waals surface area contributed by atoms with Crippen LogP contribution in [0.2, 0.25) is 0 Å². The highest BCUT2D eigenvalue weighted by molar-refractivity contribution is 6.17. The summed E-state index contributed by atoms with van der Waals surface area (Å²) < 4.78 is 9.57. The molecule has 0 saturated heterocycles. The largest absolute Gasteiger partial charge is 0.468 e. The van der Waals surface area contributed by atoms with Crippen LogP contribution in [-0.4, -0.2) is 38.0 Å². The minimum absolute atomic E-state index is 0.0823. The van der Waals surface area contributed by atoms with Gasteiger partial charge < -0.3 is 19.8 Å². The third kappa shape index (κ3) is 4.58. The van der Waals surface area contributed by atoms with Crippen molar-refractivity contribution in [3.05, 3.63) is 23.2 Å². The van der Waals surface area contributed by atoms with Gasteiger partial charge in [0.2, 0.25) is 5.91 Å². The highest BCUT2D eigenvalue weighted by Crippen LogP contribution is 2.16. The van der Waals surface area contributed by atoms with Crippen molar-refractivity contribution in [3.63, 3.8) is 0 Å². The summed E-state index contributed by atoms with van der Waals surface area (Å²) in [5, 5.41) is 4.65. The first-order chi connectivity index (χ1) is 9.47. The number of rotatable bonds is 6. The maximum atomic E-state index is 11.7. The lowest BCUT2D eigenvalue weighted by molar-refractivity contribution is -0.141. The highest BCUT2D eigenvalue weighted by Gasteiger charge is 2.15. The Kier molecular flexibility index (Phi) is 6.05. The predicted octanol–water partition coefficient (Wildman–Crippen LogP) is 0.346. The molecule has 0 fully saturated rings. The molecule has 1 aromatic heterocycles. The molecule has 20 heavy (non-hydrogen) atoms. The smallest absolute Gasteiger partial charge is 0.325 e. The van der Waals surface area contributed by atoms with Crippen LogP contribution in [0.15, 0.2) is 10.5 Å². The van der Waals surface area contributed by atoms with Crippen LogP contribution in [0.1, 0.15) is 21.9 Å². The van der Waals surface area contributed by atoms with Gasteiger partial charge >= 0.3 is 5.97 Å². The Morgan fingerprint density at radius 1 is 1.30 bits per heavy atom. The van der Waals surface area contributed by atoms with Crippen LogP contribution in [-0.2, 0) is 20.2 Å². The number of esters is 1. The Hall–Kier alpha value is -2.02. The van der Waals surface area contributed by atoms with Crippen LogP contribution >= 0.6 is 11.6 Å². The number of amides is 2. The third-order valence-corrected chi connectivity index (χ3v) is 2.74. The molecule has 110 valence electrons. The van der Waals surface area contributed by atoms with Gasteiger partial charge in [-0.15, -0.1) is 11.6 Å². The first-order valence-corrected chi connectivity index (χ1v) is 6.28. The van der Waals surface area contributed by atoms with E-state index >= 15 is 0 Å². The van der Waals surface area contributed by atoms with Gasteiger partial charge in [0.05, 0.1) is 19.5 Å². The van der Waals surface area contributed by atoms with Crippen LogP contribution in [0.25, 0.3) is 0 Å². The van der Waals surface area contributed by atoms with Gasteiger partial charge in [-0.25, -0.2) is 0 Å². The Morgan fingerprint density at radius 2 is 2.00 bits per heavy atom. The number of alkyl halides is 1. The normalized spacial score (nSPS) is 9.95. The number of nitrogens with one attached hydrogen (secondary N) is 2. The van der Waals surface area contributed by atoms with E-state index in [4.69, 9.17) is 16.0 Å². The van der Waals surface area contributed by atoms with E-state index in [1.54, 1.807) is 6.92 Å². The molecule has 7 nitrogen and oxygen atoms in total. The molecule has 0 radical (unpaired) electrons. The first-order valence-electron chi connectivity index (χ1n) is 5.75. The number of carbonyl (C=O) groups is 3. The van der Waals surface area contributed by atoms with Crippen molar-refractivity contribution in [2.45, 2.75) is 12.8 Å². The van der Waals surface area contributed by atoms with E-state index in [-0.39, 0.29) is 24.7 Å². The molecule has 0 aliphatic heterocycles. The molecule has 0 saturated carbocycles. The number of hydrogen-bond acceptors (Lipinski definition) is 5. The zero-order chi connectivity index (χ0) is 15.1. The van der Waals surface area contributed by atoms with Gasteiger partial charge in [-0.1, -0.05) is 0 Å². The minimum atomic E-state index is -0.571. The summed E-state index contributed by atoms with van der Waals surface area (Å²) in [5.41, 5.74) is 0.715. The van der Waals surface area contributed by atoms with Crippen molar-refractivity contribution in [1.29, 1.82) is 0 Å². The van der Waals surface area contributed by atoms with Gasteiger partial charge in [-0.2, -0.15) is 0 Å². The lowest BCUT2D eigenvalue weighted by Crippen LogP contribution is -2.39. The van der Waals surface area contributed by atoms with E-state index < -0.39 is 17.8 Å². The molecule has 0 aliphatic rings. The number of carbonyl (C=O) groups excluding carboxylic acids is 3. The molecular weight excluding hydrogens is 288 g/mol. The first kappa shape index (κ1) is 16.0. The zero-order valence-corrected chi connectivity index (χ0v) is 11.9. The molecule has 1 rings (SSSR count). The summed E-state index contributed by atoms with van der Waals surface area (Å²) in [6, 6.07) is 1.52. The van der Waals surface area contributed by atoms with Gasteiger partial charge in [-0.05, 0) is 13.0 Å². The molecule has 1 heterocycles. The van der Waals surface area contributed by atoms with Crippen LogP contribution in [0.4, 0.5) is 0 Å². The van der Waals surface area contributed by atoms with Crippen molar-refractivity contribution >= 4 is 29.4 Å². The molecule has 0 aliphatic carbocycles. The quantitative estimate of drug-likeness (QED) is 0.583. The second-order valence-corrected chi connectivity index (χ2v) is 4.13. The molecule has 2 amide bonds. The van der Waals surface area contributed by atoms with Crippen molar-refractivity contribution in [3.8, 4) is 0 Å². The second-order valence-electron chi connectivity index (χ2n) is 3.86. The van der Waals surface area contributed by atoms with Gasteiger partial charge in [0.25, 0.3) is 5.91 Å². The number of methoxy groups -OCH3 is 1. The molecule has 1 aromatic rings. The zero-order valence-electron chi connectivity index (χ0n) is 11.1. The van der Waals surface area contributed by atoms with Gasteiger partial charge in [0.1, 0.15) is 12.3 Å². The SMILES string of the molecule is COC(=O)CNC(=O)CNC(=O)c1cc(CCl)c(C)o1. The van der Waals surface area contributed by atoms with E-state index in [1.165, 1.54) is 13.2 Å². The van der Waals surface area contributed by atoms with Gasteiger partial charge in [0, 0.05) is 5.56 Å². The monoisotopic (exact) mass is 302 g/mol. The third-order valence-electron chi connectivity index (χ3n) is 2.46. The van der Waals surface area contributed by atoms with E-state index in [0.717, 1.165) is 0 Å². The summed E-state index contributed by atoms with van der Waals surface area (Å²) in [6.07, 6.45) is 0. The topological polar surface area (TPSA) is 97.6 Å². The fraction of sp³-hybridized carbons (Fsp3) is 0.417. The lowest BCUT2D eigenvalue weighted by atomic mass is 10.3. The fourth-order valence-corrected chi connectivity index (χ4v) is 1.58. The Labute approximate surface area is 120 Å². The standard InChI is InChI=1S/C12H15ClN2O5/c1-7-8(4-13)3-9(20-7)12(18)15-5-10(16)14-6-11(17)19-2/h3H,4-6H2,1-2H3,(H,14,16)(H,15,18). The predicted molar refractivity (Wildman–Crippen MR) is 70.4 cm³/mol. The molecule has 0 atom stereocenters. The average Bonchev–Trinajstić information content (AvgIpc) is 2.83. The van der Waals surface area contributed by atoms with Crippen LogP contribution in [0.3, 0.4) is 0 Å². The van der Waals surface area contributed by atoms with Crippen molar-refractivity contribution in [2.75, 3.05) is 20.2 Å². The number of furan rings is 1. The molecule has 2 N–H and O–H groups in total.